The lowest BCUT2D eigenvalue weighted by molar-refractivity contribution is -0.113. The minimum Gasteiger partial charge on any atom is -0.505 e. The van der Waals surface area contributed by atoms with Crippen LogP contribution in [0.1, 0.15) is 41.6 Å². The van der Waals surface area contributed by atoms with Crippen LogP contribution in [0, 0.1) is 0 Å². The molecule has 0 radical (unpaired) electrons. The molecule has 3 N–H and O–H groups in total. The van der Waals surface area contributed by atoms with E-state index in [4.69, 9.17) is 0 Å². The zero-order valence-electron chi connectivity index (χ0n) is 17.9. The predicted octanol–water partition coefficient (Wildman–Crippen LogP) is 3.92. The lowest BCUT2D eigenvalue weighted by Gasteiger charge is -2.38. The Labute approximate surface area is 182 Å². The van der Waals surface area contributed by atoms with Crippen LogP contribution in [0.5, 0.6) is 5.75 Å². The van der Waals surface area contributed by atoms with Crippen molar-refractivity contribution >= 4 is 17.4 Å². The van der Waals surface area contributed by atoms with E-state index in [1.165, 1.54) is 10.5 Å². The van der Waals surface area contributed by atoms with Gasteiger partial charge in [0, 0.05) is 19.7 Å². The van der Waals surface area contributed by atoms with Crippen molar-refractivity contribution in [3.05, 3.63) is 83.2 Å². The normalized spacial score (nSPS) is 17.4. The number of benzene rings is 2. The first-order chi connectivity index (χ1) is 14.8. The van der Waals surface area contributed by atoms with E-state index < -0.39 is 0 Å². The van der Waals surface area contributed by atoms with Gasteiger partial charge in [0.2, 0.25) is 5.78 Å². The standard InChI is InChI=1S/C25H27N3O3/c1-16-20(27-25(14-7-8-15-25)17-10-5-4-6-11-17)21(22(16)29)26-19-13-9-12-18(23(19)30)24(31)28(2)3/h4-6,9-13,26-27,30H,1,7-8,14-15H2,2-3H3. The Hall–Kier alpha value is -3.54. The molecule has 2 aliphatic carbocycles. The number of amides is 1. The Balaban J connectivity index is 1.68. The summed E-state index contributed by atoms with van der Waals surface area (Å²) >= 11 is 0. The quantitative estimate of drug-likeness (QED) is 0.490. The maximum absolute atomic E-state index is 12.6. The SMILES string of the molecule is C=C1C(=O)C(Nc2cccc(C(=O)N(C)C)c2O)=C1NC1(c2ccccc2)CCCC1. The number of hydrogen-bond donors (Lipinski definition) is 3. The molecular formula is C25H27N3O3. The van der Waals surface area contributed by atoms with E-state index in [1.54, 1.807) is 32.3 Å². The fraction of sp³-hybridized carbons (Fsp3) is 0.280. The number of carbonyl (C=O) groups is 2. The van der Waals surface area contributed by atoms with Crippen LogP contribution in [-0.4, -0.2) is 35.8 Å². The Morgan fingerprint density at radius 1 is 1.03 bits per heavy atom. The van der Waals surface area contributed by atoms with Gasteiger partial charge in [0.05, 0.1) is 22.5 Å². The monoisotopic (exact) mass is 417 g/mol. The largest absolute Gasteiger partial charge is 0.505 e. The number of hydrogen-bond acceptors (Lipinski definition) is 5. The molecule has 6 nitrogen and oxygen atoms in total. The molecular weight excluding hydrogens is 390 g/mol. The highest BCUT2D eigenvalue weighted by atomic mass is 16.3. The van der Waals surface area contributed by atoms with Gasteiger partial charge in [0.15, 0.2) is 5.75 Å². The number of nitrogens with one attached hydrogen (secondary N) is 2. The lowest BCUT2D eigenvalue weighted by atomic mass is 9.84. The molecule has 2 aromatic rings. The van der Waals surface area contributed by atoms with Crippen LogP contribution in [0.4, 0.5) is 5.69 Å². The molecule has 0 heterocycles. The van der Waals surface area contributed by atoms with Gasteiger partial charge in [-0.2, -0.15) is 0 Å². The minimum atomic E-state index is -0.313. The number of nitrogens with zero attached hydrogens (tertiary/aromatic N) is 1. The molecule has 160 valence electrons. The molecule has 2 aromatic carbocycles. The first kappa shape index (κ1) is 20.7. The van der Waals surface area contributed by atoms with Crippen molar-refractivity contribution in [3.63, 3.8) is 0 Å². The Morgan fingerprint density at radius 2 is 1.71 bits per heavy atom. The van der Waals surface area contributed by atoms with Crippen LogP contribution in [0.25, 0.3) is 0 Å². The van der Waals surface area contributed by atoms with Gasteiger partial charge in [-0.15, -0.1) is 0 Å². The van der Waals surface area contributed by atoms with Crippen LogP contribution < -0.4 is 10.6 Å². The topological polar surface area (TPSA) is 81.7 Å². The molecule has 0 spiro atoms. The van der Waals surface area contributed by atoms with Crippen LogP contribution in [0.2, 0.25) is 0 Å². The molecule has 0 atom stereocenters. The number of rotatable bonds is 6. The second kappa shape index (κ2) is 7.95. The zero-order chi connectivity index (χ0) is 22.2. The van der Waals surface area contributed by atoms with E-state index in [1.807, 2.05) is 18.2 Å². The van der Waals surface area contributed by atoms with Gasteiger partial charge < -0.3 is 20.6 Å². The molecule has 1 saturated carbocycles. The molecule has 0 bridgehead atoms. The van der Waals surface area contributed by atoms with Crippen molar-refractivity contribution in [2.24, 2.45) is 0 Å². The summed E-state index contributed by atoms with van der Waals surface area (Å²) in [5, 5.41) is 17.3. The molecule has 0 saturated heterocycles. The molecule has 6 heteroatoms. The minimum absolute atomic E-state index is 0.173. The zero-order valence-corrected chi connectivity index (χ0v) is 17.9. The molecule has 0 aromatic heterocycles. The summed E-state index contributed by atoms with van der Waals surface area (Å²) in [4.78, 5) is 26.3. The molecule has 0 unspecified atom stereocenters. The second-order valence-corrected chi connectivity index (χ2v) is 8.36. The average Bonchev–Trinajstić information content (AvgIpc) is 3.27. The van der Waals surface area contributed by atoms with Gasteiger partial charge in [-0.1, -0.05) is 55.8 Å². The highest BCUT2D eigenvalue weighted by molar-refractivity contribution is 6.21. The van der Waals surface area contributed by atoms with Gasteiger partial charge in [-0.25, -0.2) is 0 Å². The maximum atomic E-state index is 12.6. The van der Waals surface area contributed by atoms with Crippen LogP contribution in [0.15, 0.2) is 72.1 Å². The van der Waals surface area contributed by atoms with E-state index in [0.29, 0.717) is 22.7 Å². The summed E-state index contributed by atoms with van der Waals surface area (Å²) in [7, 11) is 3.24. The molecule has 1 fully saturated rings. The van der Waals surface area contributed by atoms with Crippen molar-refractivity contribution in [2.75, 3.05) is 19.4 Å². The van der Waals surface area contributed by atoms with Crippen molar-refractivity contribution in [3.8, 4) is 5.75 Å². The van der Waals surface area contributed by atoms with Gasteiger partial charge in [0.1, 0.15) is 5.70 Å². The summed E-state index contributed by atoms with van der Waals surface area (Å²) in [6.45, 7) is 3.94. The number of allylic oxidation sites excluding steroid dienone is 2. The van der Waals surface area contributed by atoms with Crippen molar-refractivity contribution in [1.29, 1.82) is 0 Å². The number of ketones is 1. The van der Waals surface area contributed by atoms with E-state index in [0.717, 1.165) is 25.7 Å². The smallest absolute Gasteiger partial charge is 0.257 e. The van der Waals surface area contributed by atoms with E-state index in [2.05, 4.69) is 29.3 Å². The van der Waals surface area contributed by atoms with E-state index in [-0.39, 0.29) is 28.5 Å². The second-order valence-electron chi connectivity index (χ2n) is 8.36. The Kier molecular flexibility index (Phi) is 5.31. The summed E-state index contributed by atoms with van der Waals surface area (Å²) in [6, 6.07) is 15.1. The Morgan fingerprint density at radius 3 is 2.35 bits per heavy atom. The number of carbonyl (C=O) groups excluding carboxylic acids is 2. The molecule has 31 heavy (non-hydrogen) atoms. The first-order valence-corrected chi connectivity index (χ1v) is 10.5. The van der Waals surface area contributed by atoms with Crippen LogP contribution in [-0.2, 0) is 10.3 Å². The van der Waals surface area contributed by atoms with Crippen molar-refractivity contribution in [2.45, 2.75) is 31.2 Å². The van der Waals surface area contributed by atoms with Crippen LogP contribution >= 0.6 is 0 Å². The third kappa shape index (κ3) is 3.58. The van der Waals surface area contributed by atoms with Gasteiger partial charge in [0.25, 0.3) is 5.91 Å². The van der Waals surface area contributed by atoms with Crippen LogP contribution in [0.3, 0.4) is 0 Å². The molecule has 1 amide bonds. The number of aromatic hydroxyl groups is 1. The molecule has 4 rings (SSSR count). The van der Waals surface area contributed by atoms with E-state index >= 15 is 0 Å². The summed E-state index contributed by atoms with van der Waals surface area (Å²) in [5.41, 5.74) is 2.86. The Bertz CT molecular complexity index is 1080. The summed E-state index contributed by atoms with van der Waals surface area (Å²) in [5.74, 6) is -0.698. The fourth-order valence-electron chi connectivity index (χ4n) is 4.38. The highest BCUT2D eigenvalue weighted by Gasteiger charge is 2.41. The van der Waals surface area contributed by atoms with Crippen molar-refractivity contribution in [1.82, 2.24) is 10.2 Å². The number of Topliss-reactive ketones (excluding diaryl/α,β-unsaturated/α-hetero) is 1. The predicted molar refractivity (Wildman–Crippen MR) is 121 cm³/mol. The molecule has 0 aliphatic heterocycles. The first-order valence-electron chi connectivity index (χ1n) is 10.5. The number of para-hydroxylation sites is 1. The van der Waals surface area contributed by atoms with Gasteiger partial charge in [-0.05, 0) is 30.5 Å². The van der Waals surface area contributed by atoms with E-state index in [9.17, 15) is 14.7 Å². The maximum Gasteiger partial charge on any atom is 0.257 e. The lowest BCUT2D eigenvalue weighted by Crippen LogP contribution is -2.45. The average molecular weight is 418 g/mol. The highest BCUT2D eigenvalue weighted by Crippen LogP contribution is 2.42. The number of phenolic OH excluding ortho intramolecular Hbond substituents is 1. The summed E-state index contributed by atoms with van der Waals surface area (Å²) in [6.07, 6.45) is 4.14. The van der Waals surface area contributed by atoms with Gasteiger partial charge >= 0.3 is 0 Å². The number of anilines is 1. The summed E-state index contributed by atoms with van der Waals surface area (Å²) < 4.78 is 0. The fourth-order valence-corrected chi connectivity index (χ4v) is 4.38. The third-order valence-electron chi connectivity index (χ3n) is 6.13. The number of phenols is 1. The third-order valence-corrected chi connectivity index (χ3v) is 6.13. The van der Waals surface area contributed by atoms with Crippen molar-refractivity contribution < 1.29 is 14.7 Å². The van der Waals surface area contributed by atoms with Gasteiger partial charge in [-0.3, -0.25) is 9.59 Å². The molecule has 2 aliphatic rings.